The fourth-order valence-corrected chi connectivity index (χ4v) is 5.58. The van der Waals surface area contributed by atoms with Crippen LogP contribution in [0.5, 0.6) is 0 Å². The van der Waals surface area contributed by atoms with Crippen molar-refractivity contribution in [2.24, 2.45) is 0 Å². The first-order chi connectivity index (χ1) is 17.5. The van der Waals surface area contributed by atoms with Crippen molar-refractivity contribution in [1.29, 1.82) is 0 Å². The Morgan fingerprint density at radius 2 is 1.70 bits per heavy atom. The van der Waals surface area contributed by atoms with E-state index >= 15 is 0 Å². The molecule has 0 unspecified atom stereocenters. The molecule has 1 saturated heterocycles. The summed E-state index contributed by atoms with van der Waals surface area (Å²) in [6.07, 6.45) is 3.92. The number of amides is 2. The van der Waals surface area contributed by atoms with Gasteiger partial charge in [0, 0.05) is 47.9 Å². The maximum Gasteiger partial charge on any atom is 0.252 e. The molecular formula is C30H31ClN4O2. The predicted molar refractivity (Wildman–Crippen MR) is 151 cm³/mol. The smallest absolute Gasteiger partial charge is 0.252 e. The molecule has 0 radical (unpaired) electrons. The van der Waals surface area contributed by atoms with Crippen molar-refractivity contribution in [3.8, 4) is 22.4 Å². The summed E-state index contributed by atoms with van der Waals surface area (Å²) in [6, 6.07) is 20.7. The Morgan fingerprint density at radius 1 is 0.946 bits per heavy atom. The predicted octanol–water partition coefficient (Wildman–Crippen LogP) is 6.11. The Kier molecular flexibility index (Phi) is 7.04. The van der Waals surface area contributed by atoms with Gasteiger partial charge in [-0.2, -0.15) is 0 Å². The largest absolute Gasteiger partial charge is 0.355 e. The van der Waals surface area contributed by atoms with E-state index in [1.54, 1.807) is 0 Å². The minimum atomic E-state index is -0.0975. The number of hydrogen-bond donors (Lipinski definition) is 3. The van der Waals surface area contributed by atoms with Gasteiger partial charge in [0.05, 0.1) is 5.56 Å². The summed E-state index contributed by atoms with van der Waals surface area (Å²) in [5.41, 5.74) is 8.84. The zero-order chi connectivity index (χ0) is 24.6. The fourth-order valence-electron chi connectivity index (χ4n) is 5.58. The molecule has 1 aromatic heterocycles. The van der Waals surface area contributed by atoms with Crippen LogP contribution >= 0.6 is 12.4 Å². The molecule has 0 spiro atoms. The first-order valence-electron chi connectivity index (χ1n) is 12.7. The molecule has 3 aromatic carbocycles. The van der Waals surface area contributed by atoms with E-state index in [2.05, 4.69) is 50.8 Å². The van der Waals surface area contributed by atoms with Crippen LogP contribution in [0.3, 0.4) is 0 Å². The molecule has 2 amide bonds. The van der Waals surface area contributed by atoms with Crippen molar-refractivity contribution in [2.75, 3.05) is 18.4 Å². The highest BCUT2D eigenvalue weighted by molar-refractivity contribution is 6.07. The Labute approximate surface area is 222 Å². The van der Waals surface area contributed by atoms with E-state index in [1.165, 1.54) is 50.2 Å². The fraction of sp³-hybridized carbons (Fsp3) is 0.267. The van der Waals surface area contributed by atoms with Crippen molar-refractivity contribution >= 4 is 40.8 Å². The summed E-state index contributed by atoms with van der Waals surface area (Å²) in [5.74, 6) is -0.138. The second kappa shape index (κ2) is 10.4. The molecule has 1 fully saturated rings. The van der Waals surface area contributed by atoms with E-state index in [4.69, 9.17) is 0 Å². The molecule has 7 heteroatoms. The molecule has 37 heavy (non-hydrogen) atoms. The van der Waals surface area contributed by atoms with Gasteiger partial charge in [0.15, 0.2) is 0 Å². The first-order valence-corrected chi connectivity index (χ1v) is 12.7. The highest BCUT2D eigenvalue weighted by Crippen LogP contribution is 2.37. The number of anilines is 1. The number of piperidine rings is 1. The minimum absolute atomic E-state index is 0. The molecule has 0 saturated carbocycles. The number of H-pyrrole nitrogens is 1. The average Bonchev–Trinajstić information content (AvgIpc) is 3.48. The highest BCUT2D eigenvalue weighted by atomic mass is 35.5. The molecule has 6 rings (SSSR count). The molecule has 4 aromatic rings. The van der Waals surface area contributed by atoms with Crippen LogP contribution in [0.2, 0.25) is 0 Å². The van der Waals surface area contributed by atoms with Gasteiger partial charge in [-0.15, -0.1) is 12.4 Å². The van der Waals surface area contributed by atoms with Crippen molar-refractivity contribution in [3.63, 3.8) is 0 Å². The Hall–Kier alpha value is -3.61. The zero-order valence-corrected chi connectivity index (χ0v) is 21.7. The first kappa shape index (κ1) is 25.1. The van der Waals surface area contributed by atoms with Crippen LogP contribution in [-0.2, 0) is 17.9 Å². The number of hydrogen-bond acceptors (Lipinski definition) is 3. The van der Waals surface area contributed by atoms with Crippen molar-refractivity contribution in [2.45, 2.75) is 39.3 Å². The SMILES string of the molecule is CC(=O)Nc1ccc(-c2ccc(-c3cc4cc(CN5CCCCC5)ccc4[nH]3)c3c2CNC3=O)cc1.Cl. The summed E-state index contributed by atoms with van der Waals surface area (Å²) in [4.78, 5) is 30.4. The number of carbonyl (C=O) groups excluding carboxylic acids is 2. The van der Waals surface area contributed by atoms with E-state index in [9.17, 15) is 9.59 Å². The Bertz CT molecular complexity index is 1470. The molecule has 0 atom stereocenters. The number of aromatic nitrogens is 1. The number of aromatic amines is 1. The van der Waals surface area contributed by atoms with Crippen molar-refractivity contribution in [1.82, 2.24) is 15.2 Å². The third-order valence-corrected chi connectivity index (χ3v) is 7.31. The normalized spacial score (nSPS) is 15.2. The number of rotatable bonds is 5. The topological polar surface area (TPSA) is 77.2 Å². The lowest BCUT2D eigenvalue weighted by atomic mass is 9.92. The minimum Gasteiger partial charge on any atom is -0.355 e. The van der Waals surface area contributed by atoms with Gasteiger partial charge in [-0.1, -0.05) is 36.8 Å². The van der Waals surface area contributed by atoms with Gasteiger partial charge in [-0.3, -0.25) is 14.5 Å². The maximum atomic E-state index is 12.9. The quantitative estimate of drug-likeness (QED) is 0.300. The van der Waals surface area contributed by atoms with E-state index < -0.39 is 0 Å². The molecular weight excluding hydrogens is 484 g/mol. The van der Waals surface area contributed by atoms with Crippen LogP contribution in [0.1, 0.15) is 47.7 Å². The molecule has 6 nitrogen and oxygen atoms in total. The van der Waals surface area contributed by atoms with Crippen LogP contribution in [-0.4, -0.2) is 34.8 Å². The zero-order valence-electron chi connectivity index (χ0n) is 20.9. The summed E-state index contributed by atoms with van der Waals surface area (Å²) in [5, 5.41) is 6.99. The molecule has 190 valence electrons. The summed E-state index contributed by atoms with van der Waals surface area (Å²) in [6.45, 7) is 5.35. The molecule has 3 N–H and O–H groups in total. The highest BCUT2D eigenvalue weighted by Gasteiger charge is 2.27. The van der Waals surface area contributed by atoms with E-state index in [-0.39, 0.29) is 24.2 Å². The third-order valence-electron chi connectivity index (χ3n) is 7.31. The molecule has 3 heterocycles. The summed E-state index contributed by atoms with van der Waals surface area (Å²) in [7, 11) is 0. The standard InChI is InChI=1S/C30H30N4O2.ClH/c1-19(35)32-23-8-6-21(7-9-23)24-10-11-25(29-26(24)17-31-30(29)36)28-16-22-15-20(5-12-27(22)33-28)18-34-13-3-2-4-14-34;/h5-12,15-16,33H,2-4,13-14,17-18H2,1H3,(H,31,36)(H,32,35);1H. The number of fused-ring (bicyclic) bond motifs is 2. The van der Waals surface area contributed by atoms with Gasteiger partial charge in [-0.25, -0.2) is 0 Å². The monoisotopic (exact) mass is 514 g/mol. The number of carbonyl (C=O) groups is 2. The van der Waals surface area contributed by atoms with E-state index in [0.717, 1.165) is 51.3 Å². The lowest BCUT2D eigenvalue weighted by Crippen LogP contribution is -2.28. The van der Waals surface area contributed by atoms with Crippen LogP contribution in [0.25, 0.3) is 33.3 Å². The van der Waals surface area contributed by atoms with E-state index in [1.807, 2.05) is 30.3 Å². The lowest BCUT2D eigenvalue weighted by Gasteiger charge is -2.26. The molecule has 0 aliphatic carbocycles. The van der Waals surface area contributed by atoms with Gasteiger partial charge < -0.3 is 15.6 Å². The molecule has 2 aliphatic rings. The van der Waals surface area contributed by atoms with Gasteiger partial charge in [0.25, 0.3) is 5.91 Å². The van der Waals surface area contributed by atoms with Crippen LogP contribution in [0, 0.1) is 0 Å². The Balaban J connectivity index is 0.00000280. The lowest BCUT2D eigenvalue weighted by molar-refractivity contribution is -0.114. The van der Waals surface area contributed by atoms with Crippen LogP contribution in [0.15, 0.2) is 60.7 Å². The number of halogens is 1. The van der Waals surface area contributed by atoms with Gasteiger partial charge in [-0.05, 0) is 78.5 Å². The van der Waals surface area contributed by atoms with Crippen LogP contribution in [0.4, 0.5) is 5.69 Å². The molecule has 0 bridgehead atoms. The second-order valence-electron chi connectivity index (χ2n) is 9.90. The van der Waals surface area contributed by atoms with Crippen molar-refractivity contribution in [3.05, 3.63) is 77.4 Å². The third kappa shape index (κ3) is 4.99. The number of likely N-dealkylation sites (tertiary alicyclic amines) is 1. The van der Waals surface area contributed by atoms with Crippen LogP contribution < -0.4 is 10.6 Å². The number of nitrogens with one attached hydrogen (secondary N) is 3. The van der Waals surface area contributed by atoms with Gasteiger partial charge >= 0.3 is 0 Å². The average molecular weight is 515 g/mol. The second-order valence-corrected chi connectivity index (χ2v) is 9.90. The Morgan fingerprint density at radius 3 is 2.46 bits per heavy atom. The van der Waals surface area contributed by atoms with Gasteiger partial charge in [0.2, 0.25) is 5.91 Å². The number of nitrogens with zero attached hydrogens (tertiary/aromatic N) is 1. The maximum absolute atomic E-state index is 12.9. The summed E-state index contributed by atoms with van der Waals surface area (Å²) < 4.78 is 0. The number of benzene rings is 3. The molecule has 2 aliphatic heterocycles. The van der Waals surface area contributed by atoms with Crippen molar-refractivity contribution < 1.29 is 9.59 Å². The van der Waals surface area contributed by atoms with Gasteiger partial charge in [0.1, 0.15) is 0 Å². The van der Waals surface area contributed by atoms with E-state index in [0.29, 0.717) is 6.54 Å². The summed E-state index contributed by atoms with van der Waals surface area (Å²) >= 11 is 0.